The van der Waals surface area contributed by atoms with Crippen LogP contribution in [0.25, 0.3) is 0 Å². The third-order valence-corrected chi connectivity index (χ3v) is 3.40. The Morgan fingerprint density at radius 2 is 2.27 bits per heavy atom. The van der Waals surface area contributed by atoms with Gasteiger partial charge in [-0.25, -0.2) is 0 Å². The molecule has 3 rings (SSSR count). The zero-order chi connectivity index (χ0) is 10.4. The number of hydrogen-bond donors (Lipinski definition) is 2. The number of hydrogen-bond acceptors (Lipinski definition) is 3. The van der Waals surface area contributed by atoms with Gasteiger partial charge in [-0.3, -0.25) is 0 Å². The Hall–Kier alpha value is -1.06. The molecule has 0 aromatic heterocycles. The predicted octanol–water partition coefficient (Wildman–Crippen LogP) is 1.46. The molecule has 3 nitrogen and oxygen atoms in total. The lowest BCUT2D eigenvalue weighted by Gasteiger charge is -2.29. The van der Waals surface area contributed by atoms with Gasteiger partial charge in [-0.05, 0) is 36.6 Å². The van der Waals surface area contributed by atoms with E-state index in [1.807, 2.05) is 6.08 Å². The molecule has 0 saturated heterocycles. The van der Waals surface area contributed by atoms with Gasteiger partial charge in [0.15, 0.2) is 0 Å². The molecule has 0 aromatic carbocycles. The number of ether oxygens (including phenoxy) is 1. The van der Waals surface area contributed by atoms with E-state index in [0.717, 1.165) is 18.4 Å². The van der Waals surface area contributed by atoms with E-state index in [4.69, 9.17) is 4.74 Å². The van der Waals surface area contributed by atoms with Gasteiger partial charge in [0.2, 0.25) is 0 Å². The van der Waals surface area contributed by atoms with Gasteiger partial charge in [-0.1, -0.05) is 5.57 Å². The van der Waals surface area contributed by atoms with Crippen molar-refractivity contribution in [3.05, 3.63) is 35.1 Å². The Kier molecular flexibility index (Phi) is 1.97. The molecule has 1 fully saturated rings. The van der Waals surface area contributed by atoms with Crippen LogP contribution in [0.2, 0.25) is 0 Å². The summed E-state index contributed by atoms with van der Waals surface area (Å²) in [5.74, 6) is 0.626. The fourth-order valence-electron chi connectivity index (χ4n) is 2.72. The van der Waals surface area contributed by atoms with E-state index in [2.05, 4.69) is 0 Å². The van der Waals surface area contributed by atoms with E-state index < -0.39 is 0 Å². The van der Waals surface area contributed by atoms with Crippen LogP contribution in [0, 0.1) is 5.92 Å². The number of fused-ring (bicyclic) bond motifs is 2. The summed E-state index contributed by atoms with van der Waals surface area (Å²) in [7, 11) is 0. The van der Waals surface area contributed by atoms with E-state index in [1.165, 1.54) is 5.57 Å². The van der Waals surface area contributed by atoms with Gasteiger partial charge < -0.3 is 14.9 Å². The van der Waals surface area contributed by atoms with Crippen LogP contribution in [0.3, 0.4) is 0 Å². The Bertz CT molecular complexity index is 378. The zero-order valence-corrected chi connectivity index (χ0v) is 8.39. The van der Waals surface area contributed by atoms with Crippen LogP contribution in [-0.4, -0.2) is 29.0 Å². The van der Waals surface area contributed by atoms with Crippen LogP contribution in [0.1, 0.15) is 12.8 Å². The highest BCUT2D eigenvalue weighted by atomic mass is 16.5. The van der Waals surface area contributed by atoms with E-state index in [1.54, 1.807) is 12.2 Å². The highest BCUT2D eigenvalue weighted by Crippen LogP contribution is 2.40. The Labute approximate surface area is 88.4 Å². The summed E-state index contributed by atoms with van der Waals surface area (Å²) in [6.07, 6.45) is 6.59. The summed E-state index contributed by atoms with van der Waals surface area (Å²) < 4.78 is 5.68. The van der Waals surface area contributed by atoms with Crippen LogP contribution in [0.15, 0.2) is 35.1 Å². The molecule has 3 heteroatoms. The maximum absolute atomic E-state index is 9.63. The molecule has 80 valence electrons. The molecule has 0 amide bonds. The fraction of sp³-hybridized carbons (Fsp3) is 0.500. The first-order valence-corrected chi connectivity index (χ1v) is 5.35. The van der Waals surface area contributed by atoms with Crippen molar-refractivity contribution in [2.75, 3.05) is 6.61 Å². The van der Waals surface area contributed by atoms with Crippen LogP contribution >= 0.6 is 0 Å². The summed E-state index contributed by atoms with van der Waals surface area (Å²) in [5, 5.41) is 19.1. The first kappa shape index (κ1) is 9.19. The van der Waals surface area contributed by atoms with E-state index in [-0.39, 0.29) is 18.0 Å². The molecule has 1 saturated carbocycles. The lowest BCUT2D eigenvalue weighted by atomic mass is 9.89. The largest absolute Gasteiger partial charge is 0.508 e. The number of allylic oxidation sites excluding steroid dienone is 1. The van der Waals surface area contributed by atoms with Crippen LogP contribution < -0.4 is 0 Å². The van der Waals surface area contributed by atoms with Crippen molar-refractivity contribution in [1.82, 2.24) is 0 Å². The summed E-state index contributed by atoms with van der Waals surface area (Å²) in [5.41, 5.74) is 2.33. The Morgan fingerprint density at radius 3 is 3.13 bits per heavy atom. The second-order valence-corrected chi connectivity index (χ2v) is 4.45. The van der Waals surface area contributed by atoms with Crippen molar-refractivity contribution in [3.63, 3.8) is 0 Å². The lowest BCUT2D eigenvalue weighted by molar-refractivity contribution is 0.0674. The SMILES string of the molecule is OC1=CC2=C3C[C@H](O)CC3COC2C=C1. The molecule has 0 bridgehead atoms. The van der Waals surface area contributed by atoms with Gasteiger partial charge >= 0.3 is 0 Å². The second-order valence-electron chi connectivity index (χ2n) is 4.45. The number of aliphatic hydroxyl groups is 2. The molecule has 1 aliphatic heterocycles. The predicted molar refractivity (Wildman–Crippen MR) is 55.3 cm³/mol. The van der Waals surface area contributed by atoms with E-state index in [9.17, 15) is 10.2 Å². The molecule has 2 N–H and O–H groups in total. The van der Waals surface area contributed by atoms with Crippen molar-refractivity contribution in [1.29, 1.82) is 0 Å². The van der Waals surface area contributed by atoms with E-state index >= 15 is 0 Å². The molecule has 15 heavy (non-hydrogen) atoms. The first-order valence-electron chi connectivity index (χ1n) is 5.35. The third-order valence-electron chi connectivity index (χ3n) is 3.40. The molecule has 3 aliphatic rings. The summed E-state index contributed by atoms with van der Waals surface area (Å²) in [6.45, 7) is 0.694. The molecule has 0 spiro atoms. The standard InChI is InChI=1S/C12H14O3/c13-8-1-2-12-11(4-8)10-5-9(14)3-7(10)6-15-12/h1-2,4,7,9,12-14H,3,5-6H2/t7?,9-,12?/m1/s1. The maximum Gasteiger partial charge on any atom is 0.115 e. The van der Waals surface area contributed by atoms with Gasteiger partial charge in [0, 0.05) is 5.92 Å². The summed E-state index contributed by atoms with van der Waals surface area (Å²) >= 11 is 0. The van der Waals surface area contributed by atoms with Crippen LogP contribution in [0.4, 0.5) is 0 Å². The van der Waals surface area contributed by atoms with Gasteiger partial charge in [0.25, 0.3) is 0 Å². The molecule has 3 atom stereocenters. The minimum Gasteiger partial charge on any atom is -0.508 e. The average Bonchev–Trinajstić information content (AvgIpc) is 2.58. The normalized spacial score (nSPS) is 38.7. The number of rotatable bonds is 0. The maximum atomic E-state index is 9.63. The molecule has 0 aromatic rings. The van der Waals surface area contributed by atoms with Crippen molar-refractivity contribution in [2.24, 2.45) is 5.92 Å². The van der Waals surface area contributed by atoms with Gasteiger partial charge in [-0.2, -0.15) is 0 Å². The fourth-order valence-corrected chi connectivity index (χ4v) is 2.72. The molecule has 0 radical (unpaired) electrons. The molecule has 2 aliphatic carbocycles. The zero-order valence-electron chi connectivity index (χ0n) is 8.39. The first-order chi connectivity index (χ1) is 7.24. The van der Waals surface area contributed by atoms with Gasteiger partial charge in [0.1, 0.15) is 11.9 Å². The van der Waals surface area contributed by atoms with Crippen LogP contribution in [-0.2, 0) is 4.74 Å². The third kappa shape index (κ3) is 1.43. The smallest absolute Gasteiger partial charge is 0.115 e. The highest BCUT2D eigenvalue weighted by molar-refractivity contribution is 5.44. The quantitative estimate of drug-likeness (QED) is 0.631. The molecule has 2 unspecified atom stereocenters. The van der Waals surface area contributed by atoms with Gasteiger partial charge in [0.05, 0.1) is 12.7 Å². The van der Waals surface area contributed by atoms with Crippen molar-refractivity contribution < 1.29 is 14.9 Å². The highest BCUT2D eigenvalue weighted by Gasteiger charge is 2.36. The van der Waals surface area contributed by atoms with Crippen molar-refractivity contribution in [2.45, 2.75) is 25.0 Å². The molecular weight excluding hydrogens is 192 g/mol. The minimum absolute atomic E-state index is 0.0163. The summed E-state index contributed by atoms with van der Waals surface area (Å²) in [4.78, 5) is 0. The van der Waals surface area contributed by atoms with Crippen molar-refractivity contribution in [3.8, 4) is 0 Å². The van der Waals surface area contributed by atoms with Crippen molar-refractivity contribution >= 4 is 0 Å². The molecule has 1 heterocycles. The lowest BCUT2D eigenvalue weighted by Crippen LogP contribution is -2.26. The van der Waals surface area contributed by atoms with Gasteiger partial charge in [-0.15, -0.1) is 0 Å². The number of aliphatic hydroxyl groups excluding tert-OH is 2. The summed E-state index contributed by atoms with van der Waals surface area (Å²) in [6, 6.07) is 0. The minimum atomic E-state index is -0.235. The Morgan fingerprint density at radius 1 is 1.40 bits per heavy atom. The Balaban J connectivity index is 2.04. The van der Waals surface area contributed by atoms with Crippen LogP contribution in [0.5, 0.6) is 0 Å². The average molecular weight is 206 g/mol. The second kappa shape index (κ2) is 3.22. The molecular formula is C12H14O3. The van der Waals surface area contributed by atoms with E-state index in [0.29, 0.717) is 12.5 Å². The topological polar surface area (TPSA) is 49.7 Å². The monoisotopic (exact) mass is 206 g/mol.